The molecular weight excluding hydrogens is 346 g/mol. The van der Waals surface area contributed by atoms with Crippen molar-refractivity contribution in [3.05, 3.63) is 40.4 Å². The number of carbonyl (C=O) groups is 2. The van der Waals surface area contributed by atoms with Gasteiger partial charge in [-0.3, -0.25) is 9.59 Å². The SMILES string of the molecule is CCC(C)C(NC(=O)c1csc(-c2ccc(Cl)cc2)n1)C(=O)NC. The number of thiazole rings is 1. The normalized spacial score (nSPS) is 13.2. The Kier molecular flexibility index (Phi) is 6.34. The zero-order valence-electron chi connectivity index (χ0n) is 13.8. The lowest BCUT2D eigenvalue weighted by atomic mass is 9.98. The molecule has 0 saturated heterocycles. The van der Waals surface area contributed by atoms with Crippen molar-refractivity contribution in [2.75, 3.05) is 7.05 Å². The monoisotopic (exact) mass is 365 g/mol. The van der Waals surface area contributed by atoms with Gasteiger partial charge < -0.3 is 10.6 Å². The first kappa shape index (κ1) is 18.4. The third kappa shape index (κ3) is 4.33. The Balaban J connectivity index is 2.15. The fraction of sp³-hybridized carbons (Fsp3) is 0.353. The molecule has 2 N–H and O–H groups in total. The molecule has 5 nitrogen and oxygen atoms in total. The number of amides is 2. The van der Waals surface area contributed by atoms with Crippen molar-refractivity contribution in [2.45, 2.75) is 26.3 Å². The summed E-state index contributed by atoms with van der Waals surface area (Å²) >= 11 is 7.26. The molecule has 24 heavy (non-hydrogen) atoms. The second-order valence-electron chi connectivity index (χ2n) is 5.50. The van der Waals surface area contributed by atoms with Crippen molar-refractivity contribution in [3.8, 4) is 10.6 Å². The first-order valence-corrected chi connectivity index (χ1v) is 8.96. The van der Waals surface area contributed by atoms with Gasteiger partial charge in [0.1, 0.15) is 16.7 Å². The van der Waals surface area contributed by atoms with E-state index in [-0.39, 0.29) is 17.7 Å². The smallest absolute Gasteiger partial charge is 0.271 e. The average Bonchev–Trinajstić information content (AvgIpc) is 3.09. The van der Waals surface area contributed by atoms with Crippen LogP contribution in [0.1, 0.15) is 30.8 Å². The number of hydrogen-bond donors (Lipinski definition) is 2. The van der Waals surface area contributed by atoms with Crippen molar-refractivity contribution in [2.24, 2.45) is 5.92 Å². The van der Waals surface area contributed by atoms with Gasteiger partial charge in [0, 0.05) is 23.0 Å². The minimum Gasteiger partial charge on any atom is -0.357 e. The Morgan fingerprint density at radius 3 is 2.54 bits per heavy atom. The lowest BCUT2D eigenvalue weighted by Gasteiger charge is -2.22. The van der Waals surface area contributed by atoms with E-state index < -0.39 is 6.04 Å². The van der Waals surface area contributed by atoms with Crippen LogP contribution in [0.3, 0.4) is 0 Å². The lowest BCUT2D eigenvalue weighted by molar-refractivity contribution is -0.123. The van der Waals surface area contributed by atoms with E-state index in [0.29, 0.717) is 10.7 Å². The van der Waals surface area contributed by atoms with Crippen molar-refractivity contribution >= 4 is 34.8 Å². The van der Waals surface area contributed by atoms with Gasteiger partial charge in [0.25, 0.3) is 5.91 Å². The fourth-order valence-electron chi connectivity index (χ4n) is 2.18. The molecular formula is C17H20ClN3O2S. The van der Waals surface area contributed by atoms with E-state index in [1.165, 1.54) is 11.3 Å². The number of carbonyl (C=O) groups excluding carboxylic acids is 2. The Labute approximate surface area is 150 Å². The van der Waals surface area contributed by atoms with Gasteiger partial charge in [-0.05, 0) is 18.1 Å². The molecule has 1 aromatic heterocycles. The number of hydrogen-bond acceptors (Lipinski definition) is 4. The van der Waals surface area contributed by atoms with E-state index >= 15 is 0 Å². The highest BCUT2D eigenvalue weighted by molar-refractivity contribution is 7.13. The number of halogens is 1. The number of aromatic nitrogens is 1. The molecule has 0 saturated carbocycles. The summed E-state index contributed by atoms with van der Waals surface area (Å²) in [5, 5.41) is 8.44. The molecule has 0 fully saturated rings. The summed E-state index contributed by atoms with van der Waals surface area (Å²) in [6.45, 7) is 3.91. The van der Waals surface area contributed by atoms with E-state index in [1.807, 2.05) is 26.0 Å². The number of likely N-dealkylation sites (N-methyl/N-ethyl adjacent to an activating group) is 1. The van der Waals surface area contributed by atoms with E-state index in [9.17, 15) is 9.59 Å². The summed E-state index contributed by atoms with van der Waals surface area (Å²) in [5.74, 6) is -0.519. The molecule has 1 aromatic carbocycles. The zero-order valence-corrected chi connectivity index (χ0v) is 15.4. The fourth-order valence-corrected chi connectivity index (χ4v) is 3.11. The molecule has 0 bridgehead atoms. The summed E-state index contributed by atoms with van der Waals surface area (Å²) in [5.41, 5.74) is 1.20. The Morgan fingerprint density at radius 1 is 1.29 bits per heavy atom. The van der Waals surface area contributed by atoms with Gasteiger partial charge in [0.05, 0.1) is 0 Å². The minimum absolute atomic E-state index is 0.0308. The maximum Gasteiger partial charge on any atom is 0.271 e. The molecule has 2 aromatic rings. The van der Waals surface area contributed by atoms with Gasteiger partial charge >= 0.3 is 0 Å². The predicted octanol–water partition coefficient (Wildman–Crippen LogP) is 3.35. The molecule has 1 heterocycles. The first-order chi connectivity index (χ1) is 11.5. The van der Waals surface area contributed by atoms with Gasteiger partial charge in [0.2, 0.25) is 5.91 Å². The number of nitrogens with zero attached hydrogens (tertiary/aromatic N) is 1. The van der Waals surface area contributed by atoms with Crippen molar-refractivity contribution in [1.82, 2.24) is 15.6 Å². The predicted molar refractivity (Wildman–Crippen MR) is 97.3 cm³/mol. The first-order valence-electron chi connectivity index (χ1n) is 7.70. The second kappa shape index (κ2) is 8.26. The van der Waals surface area contributed by atoms with E-state index in [1.54, 1.807) is 24.6 Å². The maximum absolute atomic E-state index is 12.4. The molecule has 0 aliphatic rings. The van der Waals surface area contributed by atoms with Crippen LogP contribution in [-0.4, -0.2) is 29.9 Å². The highest BCUT2D eigenvalue weighted by atomic mass is 35.5. The Hall–Kier alpha value is -1.92. The lowest BCUT2D eigenvalue weighted by Crippen LogP contribution is -2.49. The average molecular weight is 366 g/mol. The molecule has 7 heteroatoms. The quantitative estimate of drug-likeness (QED) is 0.824. The van der Waals surface area contributed by atoms with Crippen LogP contribution in [-0.2, 0) is 4.79 Å². The van der Waals surface area contributed by atoms with Crippen LogP contribution in [0.2, 0.25) is 5.02 Å². The molecule has 0 aliphatic carbocycles. The van der Waals surface area contributed by atoms with E-state index in [2.05, 4.69) is 15.6 Å². The molecule has 128 valence electrons. The molecule has 0 radical (unpaired) electrons. The highest BCUT2D eigenvalue weighted by Crippen LogP contribution is 2.25. The summed E-state index contributed by atoms with van der Waals surface area (Å²) in [6, 6.07) is 6.70. The second-order valence-corrected chi connectivity index (χ2v) is 6.79. The third-order valence-corrected chi connectivity index (χ3v) is 5.00. The number of rotatable bonds is 6. The molecule has 0 spiro atoms. The summed E-state index contributed by atoms with van der Waals surface area (Å²) < 4.78 is 0. The van der Waals surface area contributed by atoms with Crippen LogP contribution < -0.4 is 10.6 Å². The number of nitrogens with one attached hydrogen (secondary N) is 2. The Morgan fingerprint density at radius 2 is 1.96 bits per heavy atom. The minimum atomic E-state index is -0.576. The van der Waals surface area contributed by atoms with Crippen molar-refractivity contribution in [1.29, 1.82) is 0 Å². The molecule has 2 amide bonds. The van der Waals surface area contributed by atoms with Gasteiger partial charge in [0.15, 0.2) is 0 Å². The van der Waals surface area contributed by atoms with Gasteiger partial charge in [-0.25, -0.2) is 4.98 Å². The van der Waals surface area contributed by atoms with Crippen LogP contribution in [0.4, 0.5) is 0 Å². The summed E-state index contributed by atoms with van der Waals surface area (Å²) in [4.78, 5) is 28.8. The van der Waals surface area contributed by atoms with E-state index in [0.717, 1.165) is 17.0 Å². The largest absolute Gasteiger partial charge is 0.357 e. The molecule has 2 atom stereocenters. The Bertz CT molecular complexity index is 715. The highest BCUT2D eigenvalue weighted by Gasteiger charge is 2.26. The standard InChI is InChI=1S/C17H20ClN3O2S/c1-4-10(2)14(16(23)19-3)21-15(22)13-9-24-17(20-13)11-5-7-12(18)8-6-11/h5-10,14H,4H2,1-3H3,(H,19,23)(H,21,22). The third-order valence-electron chi connectivity index (χ3n) is 3.86. The van der Waals surface area contributed by atoms with Crippen LogP contribution in [0, 0.1) is 5.92 Å². The topological polar surface area (TPSA) is 71.1 Å². The molecule has 2 rings (SSSR count). The van der Waals surface area contributed by atoms with Gasteiger partial charge in [-0.1, -0.05) is 44.0 Å². The van der Waals surface area contributed by atoms with Crippen molar-refractivity contribution < 1.29 is 9.59 Å². The van der Waals surface area contributed by atoms with Gasteiger partial charge in [-0.15, -0.1) is 11.3 Å². The summed E-state index contributed by atoms with van der Waals surface area (Å²) in [7, 11) is 1.56. The zero-order chi connectivity index (χ0) is 17.7. The van der Waals surface area contributed by atoms with E-state index in [4.69, 9.17) is 11.6 Å². The molecule has 2 unspecified atom stereocenters. The number of benzene rings is 1. The van der Waals surface area contributed by atoms with Crippen LogP contribution >= 0.6 is 22.9 Å². The van der Waals surface area contributed by atoms with Crippen LogP contribution in [0.25, 0.3) is 10.6 Å². The van der Waals surface area contributed by atoms with Crippen molar-refractivity contribution in [3.63, 3.8) is 0 Å². The maximum atomic E-state index is 12.4. The van der Waals surface area contributed by atoms with Crippen LogP contribution in [0.15, 0.2) is 29.6 Å². The summed E-state index contributed by atoms with van der Waals surface area (Å²) in [6.07, 6.45) is 0.783. The van der Waals surface area contributed by atoms with Crippen LogP contribution in [0.5, 0.6) is 0 Å². The molecule has 0 aliphatic heterocycles. The van der Waals surface area contributed by atoms with Gasteiger partial charge in [-0.2, -0.15) is 0 Å².